The molecule has 0 nitrogen and oxygen atoms in total. The highest BCUT2D eigenvalue weighted by molar-refractivity contribution is 8.33. The molecule has 0 unspecified atom stereocenters. The normalized spacial score (nSPS) is 12.9. The highest BCUT2D eigenvalue weighted by atomic mass is 32.3. The molecule has 0 aliphatic carbocycles. The Morgan fingerprint density at radius 1 is 1.13 bits per heavy atom. The van der Waals surface area contributed by atoms with Crippen LogP contribution in [0.25, 0.3) is 5.57 Å². The van der Waals surface area contributed by atoms with E-state index in [1.54, 1.807) is 0 Å². The molecule has 0 N–H and O–H groups in total. The Labute approximate surface area is 95.7 Å². The minimum Gasteiger partial charge on any atom is -0.218 e. The second-order valence-corrected chi connectivity index (χ2v) is 8.98. The van der Waals surface area contributed by atoms with Gasteiger partial charge in [0.1, 0.15) is 0 Å². The van der Waals surface area contributed by atoms with Gasteiger partial charge in [-0.3, -0.25) is 0 Å². The van der Waals surface area contributed by atoms with Gasteiger partial charge in [0, 0.05) is 0 Å². The lowest BCUT2D eigenvalue weighted by atomic mass is 10.1. The summed E-state index contributed by atoms with van der Waals surface area (Å²) in [6, 6.07) is 8.91. The third kappa shape index (κ3) is 2.66. The first-order valence-electron chi connectivity index (χ1n) is 5.34. The number of hydrogen-bond acceptors (Lipinski definition) is 0. The van der Waals surface area contributed by atoms with Crippen LogP contribution in [0.2, 0.25) is 0 Å². The Morgan fingerprint density at radius 3 is 1.93 bits per heavy atom. The molecule has 15 heavy (non-hydrogen) atoms. The van der Waals surface area contributed by atoms with Gasteiger partial charge in [0.15, 0.2) is 0 Å². The Bertz CT molecular complexity index is 344. The van der Waals surface area contributed by atoms with E-state index < -0.39 is 10.0 Å². The Hall–Kier alpha value is -0.690. The lowest BCUT2D eigenvalue weighted by Crippen LogP contribution is -2.08. The van der Waals surface area contributed by atoms with Crippen molar-refractivity contribution in [3.05, 3.63) is 36.4 Å². The first-order chi connectivity index (χ1) is 6.85. The van der Waals surface area contributed by atoms with E-state index in [-0.39, 0.29) is 0 Å². The van der Waals surface area contributed by atoms with Crippen LogP contribution in [0, 0.1) is 0 Å². The fourth-order valence-electron chi connectivity index (χ4n) is 1.36. The van der Waals surface area contributed by atoms with Crippen molar-refractivity contribution in [2.45, 2.75) is 30.9 Å². The lowest BCUT2D eigenvalue weighted by Gasteiger charge is -2.36. The standard InChI is InChI=1S/C14H22S/c1-11(2)13-7-9-14(10-8-13)15(5,6)12(3)4/h7-10,12H,1H2,2-6H3. The molecule has 0 amide bonds. The molecule has 84 valence electrons. The van der Waals surface area contributed by atoms with Crippen LogP contribution in [-0.2, 0) is 0 Å². The maximum atomic E-state index is 3.96. The van der Waals surface area contributed by atoms with Gasteiger partial charge in [-0.25, -0.2) is 10.0 Å². The lowest BCUT2D eigenvalue weighted by molar-refractivity contribution is 1.08. The van der Waals surface area contributed by atoms with Crippen LogP contribution in [0.4, 0.5) is 0 Å². The summed E-state index contributed by atoms with van der Waals surface area (Å²) in [5.41, 5.74) is 2.39. The van der Waals surface area contributed by atoms with Crippen molar-refractivity contribution < 1.29 is 0 Å². The van der Waals surface area contributed by atoms with Gasteiger partial charge in [-0.15, -0.1) is 0 Å². The van der Waals surface area contributed by atoms with Crippen LogP contribution >= 0.6 is 10.0 Å². The van der Waals surface area contributed by atoms with E-state index in [0.29, 0.717) is 0 Å². The molecule has 0 radical (unpaired) electrons. The zero-order valence-electron chi connectivity index (χ0n) is 10.5. The molecule has 0 aliphatic heterocycles. The fourth-order valence-corrected chi connectivity index (χ4v) is 2.74. The molecule has 0 heterocycles. The molecular weight excluding hydrogens is 200 g/mol. The van der Waals surface area contributed by atoms with Crippen molar-refractivity contribution >= 4 is 15.6 Å². The minimum atomic E-state index is -0.649. The molecule has 0 atom stereocenters. The summed E-state index contributed by atoms with van der Waals surface area (Å²) in [5.74, 6) is 0. The summed E-state index contributed by atoms with van der Waals surface area (Å²) in [7, 11) is -0.649. The zero-order valence-corrected chi connectivity index (χ0v) is 11.3. The van der Waals surface area contributed by atoms with Gasteiger partial charge < -0.3 is 0 Å². The monoisotopic (exact) mass is 222 g/mol. The average molecular weight is 222 g/mol. The fraction of sp³-hybridized carbons (Fsp3) is 0.429. The van der Waals surface area contributed by atoms with E-state index in [0.717, 1.165) is 10.8 Å². The predicted octanol–water partition coefficient (Wildman–Crippen LogP) is 4.55. The van der Waals surface area contributed by atoms with Gasteiger partial charge in [0.2, 0.25) is 0 Å². The molecule has 1 aromatic carbocycles. The molecule has 1 rings (SSSR count). The Morgan fingerprint density at radius 2 is 1.60 bits per heavy atom. The summed E-state index contributed by atoms with van der Waals surface area (Å²) in [6.07, 6.45) is 4.76. The predicted molar refractivity (Wildman–Crippen MR) is 74.0 cm³/mol. The molecule has 0 saturated heterocycles. The van der Waals surface area contributed by atoms with Crippen LogP contribution in [0.5, 0.6) is 0 Å². The van der Waals surface area contributed by atoms with Crippen LogP contribution in [0.3, 0.4) is 0 Å². The molecule has 0 aliphatic rings. The van der Waals surface area contributed by atoms with Gasteiger partial charge in [-0.05, 0) is 47.3 Å². The molecule has 0 saturated carbocycles. The smallest absolute Gasteiger partial charge is 0.0101 e. The van der Waals surface area contributed by atoms with Gasteiger partial charge in [-0.1, -0.05) is 38.1 Å². The van der Waals surface area contributed by atoms with Gasteiger partial charge >= 0.3 is 0 Å². The molecule has 0 bridgehead atoms. The number of rotatable bonds is 3. The van der Waals surface area contributed by atoms with Crippen molar-refractivity contribution in [2.75, 3.05) is 12.5 Å². The Balaban J connectivity index is 3.04. The average Bonchev–Trinajstić information content (AvgIpc) is 2.17. The zero-order chi connectivity index (χ0) is 11.6. The Kier molecular flexibility index (Phi) is 3.67. The number of benzene rings is 1. The van der Waals surface area contributed by atoms with Gasteiger partial charge in [-0.2, -0.15) is 0 Å². The van der Waals surface area contributed by atoms with Crippen molar-refractivity contribution in [1.82, 2.24) is 0 Å². The van der Waals surface area contributed by atoms with Crippen molar-refractivity contribution in [3.63, 3.8) is 0 Å². The van der Waals surface area contributed by atoms with Crippen molar-refractivity contribution in [3.8, 4) is 0 Å². The quantitative estimate of drug-likeness (QED) is 0.704. The van der Waals surface area contributed by atoms with Crippen LogP contribution in [-0.4, -0.2) is 17.8 Å². The maximum absolute atomic E-state index is 3.96. The second kappa shape index (κ2) is 4.44. The third-order valence-corrected chi connectivity index (χ3v) is 6.98. The summed E-state index contributed by atoms with van der Waals surface area (Å²) >= 11 is 0. The largest absolute Gasteiger partial charge is 0.218 e. The van der Waals surface area contributed by atoms with Crippen molar-refractivity contribution in [2.24, 2.45) is 0 Å². The van der Waals surface area contributed by atoms with E-state index in [9.17, 15) is 0 Å². The second-order valence-electron chi connectivity index (χ2n) is 4.76. The first-order valence-corrected chi connectivity index (χ1v) is 7.85. The highest BCUT2D eigenvalue weighted by Gasteiger charge is 2.18. The molecule has 0 aromatic heterocycles. The van der Waals surface area contributed by atoms with Crippen LogP contribution < -0.4 is 0 Å². The maximum Gasteiger partial charge on any atom is -0.0101 e. The summed E-state index contributed by atoms with van der Waals surface area (Å²) in [5, 5.41) is 0.730. The first kappa shape index (κ1) is 12.4. The van der Waals surface area contributed by atoms with Gasteiger partial charge in [0.05, 0.1) is 0 Å². The minimum absolute atomic E-state index is 0.649. The van der Waals surface area contributed by atoms with Crippen LogP contribution in [0.15, 0.2) is 35.7 Å². The van der Waals surface area contributed by atoms with E-state index in [2.05, 4.69) is 64.1 Å². The summed E-state index contributed by atoms with van der Waals surface area (Å²) < 4.78 is 0. The molecule has 1 heteroatoms. The SMILES string of the molecule is C=C(C)c1ccc(S(C)(C)C(C)C)cc1. The molecule has 1 aromatic rings. The molecular formula is C14H22S. The number of allylic oxidation sites excluding steroid dienone is 1. The topological polar surface area (TPSA) is 0 Å². The van der Waals surface area contributed by atoms with E-state index in [4.69, 9.17) is 0 Å². The summed E-state index contributed by atoms with van der Waals surface area (Å²) in [6.45, 7) is 10.6. The molecule has 0 fully saturated rings. The van der Waals surface area contributed by atoms with E-state index in [1.807, 2.05) is 0 Å². The van der Waals surface area contributed by atoms with Crippen LogP contribution in [0.1, 0.15) is 26.3 Å². The highest BCUT2D eigenvalue weighted by Crippen LogP contribution is 2.53. The van der Waals surface area contributed by atoms with Crippen molar-refractivity contribution in [1.29, 1.82) is 0 Å². The molecule has 0 spiro atoms. The van der Waals surface area contributed by atoms with E-state index in [1.165, 1.54) is 10.5 Å². The number of hydrogen-bond donors (Lipinski definition) is 0. The summed E-state index contributed by atoms with van der Waals surface area (Å²) in [4.78, 5) is 1.49. The van der Waals surface area contributed by atoms with E-state index >= 15 is 0 Å². The van der Waals surface area contributed by atoms with Gasteiger partial charge in [0.25, 0.3) is 0 Å². The third-order valence-electron chi connectivity index (χ3n) is 3.13.